The van der Waals surface area contributed by atoms with Crippen LogP contribution in [-0.2, 0) is 24.8 Å². The third kappa shape index (κ3) is 5.77. The van der Waals surface area contributed by atoms with Gasteiger partial charge >= 0.3 is 0 Å². The van der Waals surface area contributed by atoms with Gasteiger partial charge < -0.3 is 14.8 Å². The van der Waals surface area contributed by atoms with Crippen LogP contribution in [0.3, 0.4) is 0 Å². The van der Waals surface area contributed by atoms with Crippen molar-refractivity contribution in [2.24, 2.45) is 0 Å². The molecule has 0 aliphatic carbocycles. The summed E-state index contributed by atoms with van der Waals surface area (Å²) in [4.78, 5) is 13.3. The summed E-state index contributed by atoms with van der Waals surface area (Å²) in [6.07, 6.45) is 1.57. The Morgan fingerprint density at radius 3 is 2.24 bits per heavy atom. The lowest BCUT2D eigenvalue weighted by atomic mass is 10.2. The van der Waals surface area contributed by atoms with Gasteiger partial charge in [0.1, 0.15) is 18.0 Å². The molecule has 1 amide bonds. The maximum Gasteiger partial charge on any atom is 0.264 e. The highest BCUT2D eigenvalue weighted by Crippen LogP contribution is 2.31. The molecule has 202 valence electrons. The highest BCUT2D eigenvalue weighted by atomic mass is 32.2. The van der Waals surface area contributed by atoms with E-state index in [4.69, 9.17) is 9.47 Å². The lowest BCUT2D eigenvalue weighted by Crippen LogP contribution is -2.38. The van der Waals surface area contributed by atoms with Crippen molar-refractivity contribution in [3.8, 4) is 11.5 Å². The normalized spacial score (nSPS) is 14.2. The van der Waals surface area contributed by atoms with Crippen LogP contribution >= 0.6 is 0 Å². The molecule has 0 bridgehead atoms. The number of hydrogen-bond donors (Lipinski definition) is 1. The molecule has 12 heteroatoms. The maximum atomic E-state index is 13.6. The number of hydrogen-bond acceptors (Lipinski definition) is 7. The van der Waals surface area contributed by atoms with Gasteiger partial charge in [0, 0.05) is 19.2 Å². The fourth-order valence-corrected chi connectivity index (χ4v) is 7.12. The van der Waals surface area contributed by atoms with E-state index in [1.54, 1.807) is 36.4 Å². The molecule has 0 atom stereocenters. The van der Waals surface area contributed by atoms with Gasteiger partial charge in [0.25, 0.3) is 10.0 Å². The number of ether oxygens (including phenoxy) is 2. The second-order valence-corrected chi connectivity index (χ2v) is 12.3. The summed E-state index contributed by atoms with van der Waals surface area (Å²) in [5.41, 5.74) is 0.334. The van der Waals surface area contributed by atoms with Gasteiger partial charge in [-0.15, -0.1) is 0 Å². The van der Waals surface area contributed by atoms with E-state index in [1.807, 2.05) is 0 Å². The van der Waals surface area contributed by atoms with E-state index in [9.17, 15) is 21.6 Å². The van der Waals surface area contributed by atoms with Crippen molar-refractivity contribution in [1.82, 2.24) is 4.31 Å². The highest BCUT2D eigenvalue weighted by molar-refractivity contribution is 7.92. The summed E-state index contributed by atoms with van der Waals surface area (Å²) in [5.74, 6) is -0.0448. The van der Waals surface area contributed by atoms with Crippen LogP contribution in [0.5, 0.6) is 11.5 Å². The topological polar surface area (TPSA) is 122 Å². The van der Waals surface area contributed by atoms with Gasteiger partial charge in [0.15, 0.2) is 0 Å². The Kier molecular flexibility index (Phi) is 8.24. The molecule has 0 spiro atoms. The molecule has 0 saturated carbocycles. The predicted molar refractivity (Wildman–Crippen MR) is 144 cm³/mol. The molecule has 3 aromatic rings. The quantitative estimate of drug-likeness (QED) is 0.404. The van der Waals surface area contributed by atoms with Crippen LogP contribution in [-0.4, -0.2) is 60.9 Å². The summed E-state index contributed by atoms with van der Waals surface area (Å²) in [6, 6.07) is 18.3. The SMILES string of the molecule is COc1cccc(N(CC(=O)Nc2cc(S(=O)(=O)N3CCCC3)ccc2OC)S(=O)(=O)c2ccccc2)c1. The first-order valence-electron chi connectivity index (χ1n) is 11.9. The Balaban J connectivity index is 1.66. The third-order valence-corrected chi connectivity index (χ3v) is 9.79. The Morgan fingerprint density at radius 1 is 0.868 bits per heavy atom. The molecule has 10 nitrogen and oxygen atoms in total. The van der Waals surface area contributed by atoms with Gasteiger partial charge in [-0.2, -0.15) is 4.31 Å². The Labute approximate surface area is 222 Å². The van der Waals surface area contributed by atoms with E-state index in [-0.39, 0.29) is 26.9 Å². The minimum absolute atomic E-state index is 0.00639. The summed E-state index contributed by atoms with van der Waals surface area (Å²) < 4.78 is 66.2. The van der Waals surface area contributed by atoms with Gasteiger partial charge in [-0.25, -0.2) is 16.8 Å². The predicted octanol–water partition coefficient (Wildman–Crippen LogP) is 3.32. The highest BCUT2D eigenvalue weighted by Gasteiger charge is 2.30. The average molecular weight is 560 g/mol. The Hall–Kier alpha value is -3.61. The molecule has 1 fully saturated rings. The smallest absolute Gasteiger partial charge is 0.264 e. The lowest BCUT2D eigenvalue weighted by molar-refractivity contribution is -0.114. The number of carbonyl (C=O) groups excluding carboxylic acids is 1. The first-order valence-corrected chi connectivity index (χ1v) is 14.7. The Bertz CT molecular complexity index is 1500. The minimum Gasteiger partial charge on any atom is -0.497 e. The van der Waals surface area contributed by atoms with E-state index in [0.29, 0.717) is 18.8 Å². The van der Waals surface area contributed by atoms with E-state index in [1.165, 1.54) is 54.9 Å². The van der Waals surface area contributed by atoms with Gasteiger partial charge in [-0.1, -0.05) is 24.3 Å². The van der Waals surface area contributed by atoms with Crippen LogP contribution in [0.2, 0.25) is 0 Å². The molecule has 0 unspecified atom stereocenters. The molecular formula is C26H29N3O7S2. The zero-order valence-electron chi connectivity index (χ0n) is 21.0. The van der Waals surface area contributed by atoms with Crippen molar-refractivity contribution in [3.63, 3.8) is 0 Å². The van der Waals surface area contributed by atoms with Crippen molar-refractivity contribution in [2.75, 3.05) is 43.5 Å². The second kappa shape index (κ2) is 11.4. The van der Waals surface area contributed by atoms with Gasteiger partial charge in [-0.05, 0) is 55.3 Å². The number of carbonyl (C=O) groups is 1. The van der Waals surface area contributed by atoms with Crippen LogP contribution < -0.4 is 19.1 Å². The molecule has 1 aliphatic rings. The standard InChI is InChI=1S/C26H29N3O7S2/c1-35-21-10-8-9-20(17-21)29(38(33,34)22-11-4-3-5-12-22)19-26(30)27-24-18-23(13-14-25(24)36-2)37(31,32)28-15-6-7-16-28/h3-5,8-14,17-18H,6-7,15-16,19H2,1-2H3,(H,27,30). The lowest BCUT2D eigenvalue weighted by Gasteiger charge is -2.25. The zero-order valence-corrected chi connectivity index (χ0v) is 22.7. The molecule has 1 heterocycles. The van der Waals surface area contributed by atoms with E-state index in [0.717, 1.165) is 17.1 Å². The molecule has 4 rings (SSSR count). The fraction of sp³-hybridized carbons (Fsp3) is 0.269. The minimum atomic E-state index is -4.14. The largest absolute Gasteiger partial charge is 0.497 e. The second-order valence-electron chi connectivity index (χ2n) is 8.55. The summed E-state index contributed by atoms with van der Waals surface area (Å²) >= 11 is 0. The number of amides is 1. The third-order valence-electron chi connectivity index (χ3n) is 6.11. The van der Waals surface area contributed by atoms with Gasteiger partial charge in [-0.3, -0.25) is 9.10 Å². The summed E-state index contributed by atoms with van der Waals surface area (Å²) in [7, 11) is -5.04. The van der Waals surface area contributed by atoms with Crippen LogP contribution in [0.4, 0.5) is 11.4 Å². The van der Waals surface area contributed by atoms with Crippen molar-refractivity contribution in [2.45, 2.75) is 22.6 Å². The fourth-order valence-electron chi connectivity index (χ4n) is 4.14. The summed E-state index contributed by atoms with van der Waals surface area (Å²) in [6.45, 7) is 0.280. The molecule has 0 radical (unpaired) electrons. The maximum absolute atomic E-state index is 13.6. The van der Waals surface area contributed by atoms with Crippen LogP contribution in [0.1, 0.15) is 12.8 Å². The van der Waals surface area contributed by atoms with Gasteiger partial charge in [0.05, 0.1) is 35.4 Å². The molecule has 38 heavy (non-hydrogen) atoms. The molecule has 1 N–H and O–H groups in total. The molecule has 1 saturated heterocycles. The van der Waals surface area contributed by atoms with Crippen molar-refractivity contribution >= 4 is 37.3 Å². The number of benzene rings is 3. The molecule has 0 aromatic heterocycles. The van der Waals surface area contributed by atoms with Crippen molar-refractivity contribution < 1.29 is 31.1 Å². The monoisotopic (exact) mass is 559 g/mol. The number of methoxy groups -OCH3 is 2. The van der Waals surface area contributed by atoms with Crippen LogP contribution in [0.15, 0.2) is 82.6 Å². The number of nitrogens with zero attached hydrogens (tertiary/aromatic N) is 2. The van der Waals surface area contributed by atoms with E-state index in [2.05, 4.69) is 5.32 Å². The number of nitrogens with one attached hydrogen (secondary N) is 1. The molecule has 1 aliphatic heterocycles. The van der Waals surface area contributed by atoms with Crippen LogP contribution in [0, 0.1) is 0 Å². The van der Waals surface area contributed by atoms with Crippen molar-refractivity contribution in [3.05, 3.63) is 72.8 Å². The summed E-state index contributed by atoms with van der Waals surface area (Å²) in [5, 5.41) is 2.63. The Morgan fingerprint density at radius 2 is 1.58 bits per heavy atom. The van der Waals surface area contributed by atoms with Crippen LogP contribution in [0.25, 0.3) is 0 Å². The average Bonchev–Trinajstić information content (AvgIpc) is 3.48. The molecular weight excluding hydrogens is 530 g/mol. The zero-order chi connectivity index (χ0) is 27.3. The molecule has 3 aromatic carbocycles. The van der Waals surface area contributed by atoms with Gasteiger partial charge in [0.2, 0.25) is 15.9 Å². The number of sulfonamides is 2. The first-order chi connectivity index (χ1) is 18.2. The van der Waals surface area contributed by atoms with E-state index < -0.39 is 32.5 Å². The number of rotatable bonds is 10. The van der Waals surface area contributed by atoms with Crippen molar-refractivity contribution in [1.29, 1.82) is 0 Å². The number of anilines is 2. The van der Waals surface area contributed by atoms with E-state index >= 15 is 0 Å². The first kappa shape index (κ1) is 27.4.